The molecule has 1 aromatic carbocycles. The SMILES string of the molecule is CCC(=O)N(C)c1ccccc1C=O. The molecule has 1 amide bonds. The van der Waals surface area contributed by atoms with E-state index in [4.69, 9.17) is 0 Å². The lowest BCUT2D eigenvalue weighted by Crippen LogP contribution is -2.26. The summed E-state index contributed by atoms with van der Waals surface area (Å²) in [5, 5.41) is 0. The molecule has 0 bridgehead atoms. The summed E-state index contributed by atoms with van der Waals surface area (Å²) in [4.78, 5) is 23.6. The summed E-state index contributed by atoms with van der Waals surface area (Å²) in [7, 11) is 1.67. The molecule has 0 spiro atoms. The number of benzene rings is 1. The van der Waals surface area contributed by atoms with E-state index in [0.717, 1.165) is 6.29 Å². The molecule has 0 atom stereocenters. The molecule has 0 aliphatic rings. The average molecular weight is 191 g/mol. The molecule has 0 saturated carbocycles. The van der Waals surface area contributed by atoms with Gasteiger partial charge in [0.1, 0.15) is 0 Å². The van der Waals surface area contributed by atoms with Crippen LogP contribution in [0.25, 0.3) is 0 Å². The van der Waals surface area contributed by atoms with Gasteiger partial charge in [0.05, 0.1) is 5.69 Å². The maximum absolute atomic E-state index is 11.4. The Kier molecular flexibility index (Phi) is 3.40. The number of carbonyl (C=O) groups is 2. The van der Waals surface area contributed by atoms with Crippen LogP contribution in [-0.2, 0) is 4.79 Å². The van der Waals surface area contributed by atoms with Crippen LogP contribution in [0, 0.1) is 0 Å². The van der Waals surface area contributed by atoms with Crippen molar-refractivity contribution < 1.29 is 9.59 Å². The molecule has 0 aliphatic heterocycles. The molecular weight excluding hydrogens is 178 g/mol. The minimum Gasteiger partial charge on any atom is -0.315 e. The van der Waals surface area contributed by atoms with Gasteiger partial charge in [0.25, 0.3) is 0 Å². The Bertz CT molecular complexity index is 347. The minimum absolute atomic E-state index is 0.000648. The molecule has 3 nitrogen and oxygen atoms in total. The molecule has 0 aliphatic carbocycles. The van der Waals surface area contributed by atoms with Gasteiger partial charge < -0.3 is 4.90 Å². The molecule has 0 heterocycles. The van der Waals surface area contributed by atoms with Gasteiger partial charge in [0, 0.05) is 19.0 Å². The zero-order chi connectivity index (χ0) is 10.6. The van der Waals surface area contributed by atoms with Gasteiger partial charge in [-0.2, -0.15) is 0 Å². The Labute approximate surface area is 83.3 Å². The molecule has 74 valence electrons. The second-order valence-corrected chi connectivity index (χ2v) is 2.98. The van der Waals surface area contributed by atoms with Crippen molar-refractivity contribution >= 4 is 17.9 Å². The summed E-state index contributed by atoms with van der Waals surface area (Å²) >= 11 is 0. The second kappa shape index (κ2) is 4.56. The Morgan fingerprint density at radius 3 is 2.64 bits per heavy atom. The molecule has 0 N–H and O–H groups in total. The molecule has 1 aromatic rings. The third-order valence-corrected chi connectivity index (χ3v) is 2.10. The lowest BCUT2D eigenvalue weighted by Gasteiger charge is -2.17. The first kappa shape index (κ1) is 10.4. The van der Waals surface area contributed by atoms with Crippen molar-refractivity contribution in [3.8, 4) is 0 Å². The number of amides is 1. The van der Waals surface area contributed by atoms with Crippen LogP contribution in [0.5, 0.6) is 0 Å². The van der Waals surface area contributed by atoms with Gasteiger partial charge in [-0.1, -0.05) is 19.1 Å². The fraction of sp³-hybridized carbons (Fsp3) is 0.273. The van der Waals surface area contributed by atoms with Crippen molar-refractivity contribution in [2.45, 2.75) is 13.3 Å². The first-order valence-corrected chi connectivity index (χ1v) is 4.51. The third kappa shape index (κ3) is 1.99. The first-order chi connectivity index (χ1) is 6.70. The molecular formula is C11H13NO2. The zero-order valence-corrected chi connectivity index (χ0v) is 8.36. The Hall–Kier alpha value is -1.64. The maximum atomic E-state index is 11.4. The number of aldehydes is 1. The van der Waals surface area contributed by atoms with E-state index in [1.807, 2.05) is 6.07 Å². The molecule has 0 saturated heterocycles. The average Bonchev–Trinajstić information content (AvgIpc) is 2.26. The summed E-state index contributed by atoms with van der Waals surface area (Å²) in [5.41, 5.74) is 1.20. The Morgan fingerprint density at radius 1 is 1.43 bits per heavy atom. The van der Waals surface area contributed by atoms with Crippen LogP contribution in [-0.4, -0.2) is 19.2 Å². The highest BCUT2D eigenvalue weighted by atomic mass is 16.2. The largest absolute Gasteiger partial charge is 0.315 e. The van der Waals surface area contributed by atoms with Crippen molar-refractivity contribution in [2.24, 2.45) is 0 Å². The molecule has 3 heteroatoms. The number of rotatable bonds is 3. The van der Waals surface area contributed by atoms with Crippen molar-refractivity contribution in [3.05, 3.63) is 29.8 Å². The number of carbonyl (C=O) groups excluding carboxylic acids is 2. The summed E-state index contributed by atoms with van der Waals surface area (Å²) in [6.07, 6.45) is 1.19. The summed E-state index contributed by atoms with van der Waals surface area (Å²) in [6, 6.07) is 7.04. The van der Waals surface area contributed by atoms with Crippen molar-refractivity contribution in [3.63, 3.8) is 0 Å². The van der Waals surface area contributed by atoms with E-state index in [-0.39, 0.29) is 5.91 Å². The van der Waals surface area contributed by atoms with Crippen molar-refractivity contribution in [2.75, 3.05) is 11.9 Å². The lowest BCUT2D eigenvalue weighted by molar-refractivity contribution is -0.118. The normalized spacial score (nSPS) is 9.57. The number of anilines is 1. The highest BCUT2D eigenvalue weighted by molar-refractivity contribution is 5.97. The van der Waals surface area contributed by atoms with Crippen LogP contribution < -0.4 is 4.90 Å². The Balaban J connectivity index is 3.05. The topological polar surface area (TPSA) is 37.4 Å². The van der Waals surface area contributed by atoms with E-state index >= 15 is 0 Å². The molecule has 0 fully saturated rings. The fourth-order valence-electron chi connectivity index (χ4n) is 1.26. The van der Waals surface area contributed by atoms with Gasteiger partial charge in [-0.3, -0.25) is 9.59 Å². The van der Waals surface area contributed by atoms with Crippen LogP contribution in [0.15, 0.2) is 24.3 Å². The van der Waals surface area contributed by atoms with E-state index in [1.54, 1.807) is 32.2 Å². The molecule has 1 rings (SSSR count). The smallest absolute Gasteiger partial charge is 0.226 e. The van der Waals surface area contributed by atoms with Crippen LogP contribution in [0.3, 0.4) is 0 Å². The quantitative estimate of drug-likeness (QED) is 0.684. The number of para-hydroxylation sites is 1. The fourth-order valence-corrected chi connectivity index (χ4v) is 1.26. The van der Waals surface area contributed by atoms with E-state index in [1.165, 1.54) is 4.90 Å². The zero-order valence-electron chi connectivity index (χ0n) is 8.36. The van der Waals surface area contributed by atoms with Crippen LogP contribution in [0.2, 0.25) is 0 Å². The van der Waals surface area contributed by atoms with Crippen molar-refractivity contribution in [1.82, 2.24) is 0 Å². The van der Waals surface area contributed by atoms with Gasteiger partial charge >= 0.3 is 0 Å². The van der Waals surface area contributed by atoms with Crippen LogP contribution in [0.4, 0.5) is 5.69 Å². The summed E-state index contributed by atoms with van der Waals surface area (Å²) in [6.45, 7) is 1.79. The Morgan fingerprint density at radius 2 is 2.07 bits per heavy atom. The molecule has 0 aromatic heterocycles. The highest BCUT2D eigenvalue weighted by Gasteiger charge is 2.11. The monoisotopic (exact) mass is 191 g/mol. The number of nitrogens with zero attached hydrogens (tertiary/aromatic N) is 1. The first-order valence-electron chi connectivity index (χ1n) is 4.51. The van der Waals surface area contributed by atoms with Gasteiger partial charge in [0.2, 0.25) is 5.91 Å². The standard InChI is InChI=1S/C11H13NO2/c1-3-11(14)12(2)10-7-5-4-6-9(10)8-13/h4-8H,3H2,1-2H3. The molecule has 0 radical (unpaired) electrons. The van der Waals surface area contributed by atoms with E-state index in [0.29, 0.717) is 17.7 Å². The number of hydrogen-bond donors (Lipinski definition) is 0. The maximum Gasteiger partial charge on any atom is 0.226 e. The van der Waals surface area contributed by atoms with Crippen LogP contribution >= 0.6 is 0 Å². The lowest BCUT2D eigenvalue weighted by atomic mass is 10.2. The van der Waals surface area contributed by atoms with Gasteiger partial charge in [-0.25, -0.2) is 0 Å². The third-order valence-electron chi connectivity index (χ3n) is 2.10. The second-order valence-electron chi connectivity index (χ2n) is 2.98. The van der Waals surface area contributed by atoms with Gasteiger partial charge in [0.15, 0.2) is 6.29 Å². The van der Waals surface area contributed by atoms with Crippen LogP contribution in [0.1, 0.15) is 23.7 Å². The van der Waals surface area contributed by atoms with Gasteiger partial charge in [-0.15, -0.1) is 0 Å². The van der Waals surface area contributed by atoms with E-state index in [9.17, 15) is 9.59 Å². The summed E-state index contributed by atoms with van der Waals surface area (Å²) in [5.74, 6) is -0.000648. The molecule has 0 unspecified atom stereocenters. The minimum atomic E-state index is -0.000648. The predicted octanol–water partition coefficient (Wildman–Crippen LogP) is 1.87. The van der Waals surface area contributed by atoms with Crippen molar-refractivity contribution in [1.29, 1.82) is 0 Å². The number of hydrogen-bond acceptors (Lipinski definition) is 2. The van der Waals surface area contributed by atoms with Gasteiger partial charge in [-0.05, 0) is 12.1 Å². The predicted molar refractivity (Wildman–Crippen MR) is 55.5 cm³/mol. The highest BCUT2D eigenvalue weighted by Crippen LogP contribution is 2.17. The van der Waals surface area contributed by atoms with E-state index < -0.39 is 0 Å². The molecule has 14 heavy (non-hydrogen) atoms. The summed E-state index contributed by atoms with van der Waals surface area (Å²) < 4.78 is 0. The van der Waals surface area contributed by atoms with E-state index in [2.05, 4.69) is 0 Å².